The van der Waals surface area contributed by atoms with Gasteiger partial charge in [0.2, 0.25) is 0 Å². The molecule has 0 saturated carbocycles. The van der Waals surface area contributed by atoms with Crippen LogP contribution in [0.2, 0.25) is 0 Å². The second-order valence-electron chi connectivity index (χ2n) is 4.59. The van der Waals surface area contributed by atoms with E-state index in [9.17, 15) is 0 Å². The van der Waals surface area contributed by atoms with E-state index in [-0.39, 0.29) is 0 Å². The lowest BCUT2D eigenvalue weighted by atomic mass is 10.1. The van der Waals surface area contributed by atoms with Gasteiger partial charge >= 0.3 is 0 Å². The van der Waals surface area contributed by atoms with E-state index in [1.807, 2.05) is 18.2 Å². The number of hydrogen-bond acceptors (Lipinski definition) is 5. The third-order valence-electron chi connectivity index (χ3n) is 3.26. The summed E-state index contributed by atoms with van der Waals surface area (Å²) in [7, 11) is 2.06. The van der Waals surface area contributed by atoms with Gasteiger partial charge in [-0.25, -0.2) is 0 Å². The van der Waals surface area contributed by atoms with Gasteiger partial charge in [0.1, 0.15) is 11.5 Å². The lowest BCUT2D eigenvalue weighted by Gasteiger charge is -2.13. The molecule has 1 aromatic carbocycles. The first kappa shape index (κ1) is 11.9. The summed E-state index contributed by atoms with van der Waals surface area (Å²) in [5, 5.41) is 4.00. The molecule has 0 spiro atoms. The Labute approximate surface area is 111 Å². The summed E-state index contributed by atoms with van der Waals surface area (Å²) in [5.41, 5.74) is 8.47. The van der Waals surface area contributed by atoms with Gasteiger partial charge in [0.15, 0.2) is 5.76 Å². The predicted octanol–water partition coefficient (Wildman–Crippen LogP) is 1.49. The maximum atomic E-state index is 5.51. The summed E-state index contributed by atoms with van der Waals surface area (Å²) in [6.07, 6.45) is 0. The van der Waals surface area contributed by atoms with Gasteiger partial charge in [0.05, 0.1) is 13.1 Å². The average Bonchev–Trinajstić information content (AvgIpc) is 3.07. The monoisotopic (exact) mass is 256 g/mol. The quantitative estimate of drug-likeness (QED) is 0.903. The Kier molecular flexibility index (Phi) is 3.05. The highest BCUT2D eigenvalue weighted by Gasteiger charge is 2.14. The Balaban J connectivity index is 1.86. The molecule has 2 N–H and O–H groups in total. The average molecular weight is 256 g/mol. The molecule has 0 radical (unpaired) electrons. The van der Waals surface area contributed by atoms with Gasteiger partial charge < -0.3 is 15.2 Å². The zero-order chi connectivity index (χ0) is 13.2. The Morgan fingerprint density at radius 1 is 1.26 bits per heavy atom. The minimum Gasteiger partial charge on any atom is -0.359 e. The molecule has 98 valence electrons. The number of rotatable bonds is 3. The second kappa shape index (κ2) is 4.85. The zero-order valence-corrected chi connectivity index (χ0v) is 10.8. The van der Waals surface area contributed by atoms with Gasteiger partial charge in [0, 0.05) is 30.8 Å². The lowest BCUT2D eigenvalue weighted by molar-refractivity contribution is 0.387. The molecule has 0 atom stereocenters. The van der Waals surface area contributed by atoms with Crippen LogP contribution in [0.5, 0.6) is 0 Å². The van der Waals surface area contributed by atoms with Crippen LogP contribution in [0.15, 0.2) is 39.8 Å². The number of hydrogen-bond donors (Lipinski definition) is 1. The number of likely N-dealkylation sites (N-methyl/N-ethyl adjacent to an activating group) is 1. The molecule has 1 aromatic heterocycles. The van der Waals surface area contributed by atoms with Gasteiger partial charge in [0.25, 0.3) is 0 Å². The molecular formula is C14H16N4O. The molecule has 3 rings (SSSR count). The lowest BCUT2D eigenvalue weighted by Crippen LogP contribution is -2.23. The van der Waals surface area contributed by atoms with E-state index >= 15 is 0 Å². The highest BCUT2D eigenvalue weighted by atomic mass is 16.5. The summed E-state index contributed by atoms with van der Waals surface area (Å²) < 4.78 is 5.11. The molecule has 2 heterocycles. The number of aliphatic imine (C=N–C) groups is 1. The Hall–Kier alpha value is -2.14. The molecule has 19 heavy (non-hydrogen) atoms. The van der Waals surface area contributed by atoms with E-state index in [2.05, 4.69) is 34.2 Å². The van der Waals surface area contributed by atoms with Crippen LogP contribution >= 0.6 is 0 Å². The summed E-state index contributed by atoms with van der Waals surface area (Å²) in [4.78, 5) is 6.66. The van der Waals surface area contributed by atoms with Crippen molar-refractivity contribution in [1.29, 1.82) is 0 Å². The number of aromatic nitrogens is 1. The van der Waals surface area contributed by atoms with Crippen molar-refractivity contribution in [2.24, 2.45) is 10.7 Å². The van der Waals surface area contributed by atoms with Crippen molar-refractivity contribution in [1.82, 2.24) is 10.1 Å². The van der Waals surface area contributed by atoms with Gasteiger partial charge in [-0.3, -0.25) is 4.99 Å². The predicted molar refractivity (Wildman–Crippen MR) is 73.9 cm³/mol. The Morgan fingerprint density at radius 3 is 2.58 bits per heavy atom. The fraction of sp³-hybridized carbons (Fsp3) is 0.286. The van der Waals surface area contributed by atoms with Crippen molar-refractivity contribution in [3.05, 3.63) is 41.7 Å². The molecule has 0 saturated heterocycles. The van der Waals surface area contributed by atoms with Crippen molar-refractivity contribution in [2.75, 3.05) is 20.1 Å². The molecule has 5 nitrogen and oxygen atoms in total. The van der Waals surface area contributed by atoms with E-state index in [1.165, 1.54) is 0 Å². The van der Waals surface area contributed by atoms with E-state index in [1.54, 1.807) is 0 Å². The molecular weight excluding hydrogens is 240 g/mol. The molecule has 0 aliphatic carbocycles. The van der Waals surface area contributed by atoms with Gasteiger partial charge in [-0.15, -0.1) is 0 Å². The van der Waals surface area contributed by atoms with Gasteiger partial charge in [-0.2, -0.15) is 0 Å². The number of nitrogens with zero attached hydrogens (tertiary/aromatic N) is 3. The summed E-state index contributed by atoms with van der Waals surface area (Å²) in [6, 6.07) is 10.1. The molecule has 1 aliphatic rings. The minimum absolute atomic E-state index is 0.368. The highest BCUT2D eigenvalue weighted by Crippen LogP contribution is 2.20. The maximum Gasteiger partial charge on any atom is 0.150 e. The third-order valence-corrected chi connectivity index (χ3v) is 3.26. The number of amidine groups is 1. The van der Waals surface area contributed by atoms with Crippen molar-refractivity contribution in [2.45, 2.75) is 6.54 Å². The Bertz CT molecular complexity index is 600. The molecule has 0 bridgehead atoms. The smallest absolute Gasteiger partial charge is 0.150 e. The van der Waals surface area contributed by atoms with Crippen LogP contribution in [0.1, 0.15) is 11.3 Å². The van der Waals surface area contributed by atoms with Crippen LogP contribution in [0.4, 0.5) is 0 Å². The van der Waals surface area contributed by atoms with Crippen molar-refractivity contribution in [3.63, 3.8) is 0 Å². The molecule has 0 unspecified atom stereocenters. The first-order valence-electron chi connectivity index (χ1n) is 6.30. The molecule has 5 heteroatoms. The molecule has 0 amide bonds. The zero-order valence-electron chi connectivity index (χ0n) is 10.8. The van der Waals surface area contributed by atoms with Crippen LogP contribution in [0.25, 0.3) is 11.3 Å². The fourth-order valence-corrected chi connectivity index (χ4v) is 2.18. The molecule has 2 aromatic rings. The highest BCUT2D eigenvalue weighted by molar-refractivity contribution is 5.99. The number of benzene rings is 1. The maximum absolute atomic E-state index is 5.51. The minimum atomic E-state index is 0.368. The van der Waals surface area contributed by atoms with Crippen molar-refractivity contribution in [3.8, 4) is 11.3 Å². The normalized spacial score (nSPS) is 14.8. The van der Waals surface area contributed by atoms with E-state index in [4.69, 9.17) is 10.3 Å². The number of nitrogens with two attached hydrogens (primary N) is 1. The van der Waals surface area contributed by atoms with Crippen LogP contribution in [-0.4, -0.2) is 36.0 Å². The van der Waals surface area contributed by atoms with Crippen LogP contribution in [-0.2, 0) is 6.54 Å². The fourth-order valence-electron chi connectivity index (χ4n) is 2.18. The molecule has 1 aliphatic heterocycles. The SMILES string of the molecule is CN1CCN=C1c1ccc(-c2cc(CN)on2)cc1. The van der Waals surface area contributed by atoms with Crippen LogP contribution in [0, 0.1) is 0 Å². The van der Waals surface area contributed by atoms with Crippen LogP contribution < -0.4 is 5.73 Å². The second-order valence-corrected chi connectivity index (χ2v) is 4.59. The van der Waals surface area contributed by atoms with E-state index < -0.39 is 0 Å². The first-order chi connectivity index (χ1) is 9.28. The van der Waals surface area contributed by atoms with Crippen LogP contribution in [0.3, 0.4) is 0 Å². The standard InChI is InChI=1S/C14H16N4O/c1-18-7-6-16-14(18)11-4-2-10(3-5-11)13-8-12(9-15)19-17-13/h2-5,8H,6-7,9,15H2,1H3. The van der Waals surface area contributed by atoms with Gasteiger partial charge in [-0.05, 0) is 0 Å². The topological polar surface area (TPSA) is 67.7 Å². The third kappa shape index (κ3) is 2.24. The van der Waals surface area contributed by atoms with E-state index in [0.29, 0.717) is 12.3 Å². The largest absolute Gasteiger partial charge is 0.359 e. The summed E-state index contributed by atoms with van der Waals surface area (Å²) >= 11 is 0. The summed E-state index contributed by atoms with van der Waals surface area (Å²) in [5.74, 6) is 1.74. The molecule has 0 fully saturated rings. The van der Waals surface area contributed by atoms with Crippen molar-refractivity contribution >= 4 is 5.84 Å². The van der Waals surface area contributed by atoms with Gasteiger partial charge in [-0.1, -0.05) is 29.4 Å². The summed E-state index contributed by atoms with van der Waals surface area (Å²) in [6.45, 7) is 2.23. The van der Waals surface area contributed by atoms with E-state index in [0.717, 1.165) is 35.7 Å². The first-order valence-corrected chi connectivity index (χ1v) is 6.30. The Morgan fingerprint density at radius 2 is 2.00 bits per heavy atom. The van der Waals surface area contributed by atoms with Crippen molar-refractivity contribution < 1.29 is 4.52 Å².